The molecule has 1 fully saturated rings. The van der Waals surface area contributed by atoms with Crippen LogP contribution in [0.25, 0.3) is 5.65 Å². The van der Waals surface area contributed by atoms with Gasteiger partial charge in [-0.1, -0.05) is 0 Å². The molecule has 2 aromatic rings. The predicted octanol–water partition coefficient (Wildman–Crippen LogP) is 1.91. The van der Waals surface area contributed by atoms with Crippen LogP contribution in [0.5, 0.6) is 0 Å². The molecule has 0 aromatic carbocycles. The maximum atomic E-state index is 10.7. The summed E-state index contributed by atoms with van der Waals surface area (Å²) in [5.41, 5.74) is 2.63. The van der Waals surface area contributed by atoms with Crippen molar-refractivity contribution in [1.82, 2.24) is 14.3 Å². The van der Waals surface area contributed by atoms with Gasteiger partial charge in [0, 0.05) is 18.0 Å². The van der Waals surface area contributed by atoms with Crippen LogP contribution < -0.4 is 0 Å². The highest BCUT2D eigenvalue weighted by Gasteiger charge is 2.24. The smallest absolute Gasteiger partial charge is 0.150 e. The summed E-state index contributed by atoms with van der Waals surface area (Å²) in [6.45, 7) is 1.14. The molecule has 0 radical (unpaired) electrons. The molecule has 3 rings (SSSR count). The zero-order chi connectivity index (χ0) is 11.8. The Morgan fingerprint density at radius 3 is 3.12 bits per heavy atom. The molecule has 0 amide bonds. The monoisotopic (exact) mass is 229 g/mol. The lowest BCUT2D eigenvalue weighted by Crippen LogP contribution is -2.17. The summed E-state index contributed by atoms with van der Waals surface area (Å²) in [7, 11) is 2.14. The largest absolute Gasteiger partial charge is 0.307 e. The van der Waals surface area contributed by atoms with E-state index in [0.717, 1.165) is 24.2 Å². The van der Waals surface area contributed by atoms with E-state index in [0.29, 0.717) is 11.6 Å². The number of imidazole rings is 1. The normalized spacial score (nSPS) is 21.1. The van der Waals surface area contributed by atoms with Crippen LogP contribution in [0.1, 0.15) is 34.9 Å². The zero-order valence-electron chi connectivity index (χ0n) is 9.84. The third-order valence-electron chi connectivity index (χ3n) is 3.50. The van der Waals surface area contributed by atoms with E-state index in [-0.39, 0.29) is 0 Å². The van der Waals surface area contributed by atoms with E-state index < -0.39 is 0 Å². The highest BCUT2D eigenvalue weighted by molar-refractivity contribution is 5.76. The Balaban J connectivity index is 2.04. The highest BCUT2D eigenvalue weighted by Crippen LogP contribution is 2.29. The Labute approximate surface area is 99.9 Å². The Morgan fingerprint density at radius 1 is 1.53 bits per heavy atom. The lowest BCUT2D eigenvalue weighted by atomic mass is 10.2. The van der Waals surface area contributed by atoms with Crippen molar-refractivity contribution in [1.29, 1.82) is 0 Å². The van der Waals surface area contributed by atoms with Crippen molar-refractivity contribution in [2.24, 2.45) is 0 Å². The number of carbonyl (C=O) groups excluding carboxylic acids is 1. The van der Waals surface area contributed by atoms with Gasteiger partial charge in [0.25, 0.3) is 0 Å². The van der Waals surface area contributed by atoms with Crippen LogP contribution in [0.4, 0.5) is 0 Å². The van der Waals surface area contributed by atoms with E-state index in [1.165, 1.54) is 12.8 Å². The van der Waals surface area contributed by atoms with Crippen molar-refractivity contribution in [2.75, 3.05) is 13.6 Å². The first-order valence-corrected chi connectivity index (χ1v) is 5.92. The van der Waals surface area contributed by atoms with Gasteiger partial charge in [0.2, 0.25) is 0 Å². The molecule has 0 N–H and O–H groups in total. The lowest BCUT2D eigenvalue weighted by Gasteiger charge is -2.16. The molecule has 2 aromatic heterocycles. The molecule has 1 unspecified atom stereocenters. The van der Waals surface area contributed by atoms with E-state index in [1.54, 1.807) is 0 Å². The Bertz CT molecular complexity index is 561. The second-order valence-electron chi connectivity index (χ2n) is 4.65. The number of rotatable bonds is 2. The summed E-state index contributed by atoms with van der Waals surface area (Å²) in [5.74, 6) is 0. The molecule has 17 heavy (non-hydrogen) atoms. The van der Waals surface area contributed by atoms with Crippen LogP contribution in [0, 0.1) is 0 Å². The minimum Gasteiger partial charge on any atom is -0.307 e. The molecule has 4 nitrogen and oxygen atoms in total. The quantitative estimate of drug-likeness (QED) is 0.738. The summed E-state index contributed by atoms with van der Waals surface area (Å²) < 4.78 is 1.98. The van der Waals surface area contributed by atoms with Crippen LogP contribution in [-0.2, 0) is 0 Å². The molecule has 4 heteroatoms. The number of nitrogens with zero attached hydrogens (tertiary/aromatic N) is 3. The van der Waals surface area contributed by atoms with E-state index in [1.807, 2.05) is 22.7 Å². The van der Waals surface area contributed by atoms with Gasteiger partial charge in [0.05, 0.1) is 11.7 Å². The zero-order valence-corrected chi connectivity index (χ0v) is 9.84. The highest BCUT2D eigenvalue weighted by atomic mass is 16.1. The van der Waals surface area contributed by atoms with Gasteiger partial charge in [0.15, 0.2) is 0 Å². The minimum absolute atomic E-state index is 0.426. The van der Waals surface area contributed by atoms with Crippen LogP contribution in [-0.4, -0.2) is 34.2 Å². The Kier molecular flexibility index (Phi) is 2.44. The summed E-state index contributed by atoms with van der Waals surface area (Å²) in [6.07, 6.45) is 7.21. The van der Waals surface area contributed by atoms with Gasteiger partial charge in [-0.15, -0.1) is 0 Å². The molecule has 0 aliphatic carbocycles. The summed E-state index contributed by atoms with van der Waals surface area (Å²) in [4.78, 5) is 17.7. The van der Waals surface area contributed by atoms with E-state index in [2.05, 4.69) is 23.1 Å². The first-order chi connectivity index (χ1) is 8.28. The van der Waals surface area contributed by atoms with Crippen LogP contribution in [0.15, 0.2) is 24.5 Å². The minimum atomic E-state index is 0.426. The standard InChI is InChI=1S/C13H15N3O/c1-15-5-2-3-12(15)11-8-16-6-4-10(9-17)7-13(16)14-11/h4,6-9,12H,2-3,5H2,1H3. The average molecular weight is 229 g/mol. The molecular formula is C13H15N3O. The number of likely N-dealkylation sites (tertiary alicyclic amines) is 1. The fourth-order valence-corrected chi connectivity index (χ4v) is 2.54. The number of aldehydes is 1. The fourth-order valence-electron chi connectivity index (χ4n) is 2.54. The summed E-state index contributed by atoms with van der Waals surface area (Å²) in [6, 6.07) is 4.06. The SMILES string of the molecule is CN1CCCC1c1cn2ccc(C=O)cc2n1. The molecule has 1 saturated heterocycles. The number of aromatic nitrogens is 2. The van der Waals surface area contributed by atoms with Crippen LogP contribution in [0.2, 0.25) is 0 Å². The molecular weight excluding hydrogens is 214 g/mol. The molecule has 0 bridgehead atoms. The predicted molar refractivity (Wildman–Crippen MR) is 65.2 cm³/mol. The maximum absolute atomic E-state index is 10.7. The molecule has 0 spiro atoms. The average Bonchev–Trinajstić information content (AvgIpc) is 2.93. The summed E-state index contributed by atoms with van der Waals surface area (Å²) in [5, 5.41) is 0. The van der Waals surface area contributed by atoms with Gasteiger partial charge in [0.1, 0.15) is 11.9 Å². The second-order valence-corrected chi connectivity index (χ2v) is 4.65. The van der Waals surface area contributed by atoms with E-state index in [9.17, 15) is 4.79 Å². The first kappa shape index (κ1) is 10.5. The number of pyridine rings is 1. The van der Waals surface area contributed by atoms with Gasteiger partial charge in [-0.05, 0) is 38.6 Å². The van der Waals surface area contributed by atoms with Crippen molar-refractivity contribution in [3.05, 3.63) is 35.8 Å². The van der Waals surface area contributed by atoms with Gasteiger partial charge in [-0.3, -0.25) is 9.69 Å². The number of fused-ring (bicyclic) bond motifs is 1. The second kappa shape index (κ2) is 3.96. The molecule has 0 saturated carbocycles. The molecule has 1 aliphatic heterocycles. The number of hydrogen-bond donors (Lipinski definition) is 0. The Morgan fingerprint density at radius 2 is 2.41 bits per heavy atom. The van der Waals surface area contributed by atoms with E-state index >= 15 is 0 Å². The number of hydrogen-bond acceptors (Lipinski definition) is 3. The summed E-state index contributed by atoms with van der Waals surface area (Å²) >= 11 is 0. The third kappa shape index (κ3) is 1.74. The van der Waals surface area contributed by atoms with Crippen LogP contribution >= 0.6 is 0 Å². The van der Waals surface area contributed by atoms with Gasteiger partial charge >= 0.3 is 0 Å². The lowest BCUT2D eigenvalue weighted by molar-refractivity contribution is 0.112. The van der Waals surface area contributed by atoms with Gasteiger partial charge < -0.3 is 4.40 Å². The first-order valence-electron chi connectivity index (χ1n) is 5.92. The van der Waals surface area contributed by atoms with Crippen molar-refractivity contribution in [3.63, 3.8) is 0 Å². The van der Waals surface area contributed by atoms with Gasteiger partial charge in [-0.2, -0.15) is 0 Å². The van der Waals surface area contributed by atoms with Crippen molar-refractivity contribution < 1.29 is 4.79 Å². The van der Waals surface area contributed by atoms with Gasteiger partial charge in [-0.25, -0.2) is 4.98 Å². The van der Waals surface area contributed by atoms with Crippen LogP contribution in [0.3, 0.4) is 0 Å². The van der Waals surface area contributed by atoms with Crippen molar-refractivity contribution in [2.45, 2.75) is 18.9 Å². The van der Waals surface area contributed by atoms with Crippen molar-refractivity contribution in [3.8, 4) is 0 Å². The maximum Gasteiger partial charge on any atom is 0.150 e. The number of carbonyl (C=O) groups is 1. The molecule has 88 valence electrons. The van der Waals surface area contributed by atoms with Crippen molar-refractivity contribution >= 4 is 11.9 Å². The molecule has 1 aliphatic rings. The molecule has 1 atom stereocenters. The fraction of sp³-hybridized carbons (Fsp3) is 0.385. The molecule has 3 heterocycles. The Hall–Kier alpha value is -1.68. The third-order valence-corrected chi connectivity index (χ3v) is 3.50. The van der Waals surface area contributed by atoms with E-state index in [4.69, 9.17) is 0 Å². The topological polar surface area (TPSA) is 37.6 Å².